The highest BCUT2D eigenvalue weighted by molar-refractivity contribution is 5.74. The lowest BCUT2D eigenvalue weighted by molar-refractivity contribution is -0.697. The Morgan fingerprint density at radius 2 is 2.32 bits per heavy atom. The first-order chi connectivity index (χ1) is 9.26. The zero-order valence-corrected chi connectivity index (χ0v) is 11.4. The van der Waals surface area contributed by atoms with Gasteiger partial charge in [-0.1, -0.05) is 12.2 Å². The van der Waals surface area contributed by atoms with Gasteiger partial charge in [-0.15, -0.1) is 0 Å². The van der Waals surface area contributed by atoms with E-state index in [1.165, 1.54) is 0 Å². The van der Waals surface area contributed by atoms with Crippen LogP contribution in [-0.4, -0.2) is 17.1 Å². The van der Waals surface area contributed by atoms with Gasteiger partial charge in [0, 0.05) is 0 Å². The predicted molar refractivity (Wildman–Crippen MR) is 70.1 cm³/mol. The summed E-state index contributed by atoms with van der Waals surface area (Å²) in [7, 11) is 0. The molecule has 19 heavy (non-hydrogen) atoms. The molecule has 0 aromatic carbocycles. The molecule has 2 bridgehead atoms. The molecule has 3 unspecified atom stereocenters. The Morgan fingerprint density at radius 1 is 1.42 bits per heavy atom. The Kier molecular flexibility index (Phi) is 3.40. The quantitative estimate of drug-likeness (QED) is 0.458. The second-order valence-corrected chi connectivity index (χ2v) is 5.54. The summed E-state index contributed by atoms with van der Waals surface area (Å²) in [5.74, 6) is 1.16. The van der Waals surface area contributed by atoms with Crippen LogP contribution in [0.1, 0.15) is 19.8 Å². The van der Waals surface area contributed by atoms with E-state index in [2.05, 4.69) is 28.2 Å². The number of aryl methyl sites for hydroxylation is 1. The first kappa shape index (κ1) is 12.5. The normalized spacial score (nSPS) is 27.9. The number of ether oxygens (including phenoxy) is 1. The van der Waals surface area contributed by atoms with E-state index in [9.17, 15) is 4.79 Å². The van der Waals surface area contributed by atoms with Crippen LogP contribution in [0.4, 0.5) is 0 Å². The van der Waals surface area contributed by atoms with Crippen molar-refractivity contribution in [1.29, 1.82) is 0 Å². The molecule has 1 aromatic rings. The molecule has 4 nitrogen and oxygen atoms in total. The molecule has 1 aromatic heterocycles. The Bertz CT molecular complexity index is 492. The lowest BCUT2D eigenvalue weighted by atomic mass is 9.94. The van der Waals surface area contributed by atoms with Gasteiger partial charge < -0.3 is 4.74 Å². The Hall–Kier alpha value is -1.58. The highest BCUT2D eigenvalue weighted by atomic mass is 16.5. The van der Waals surface area contributed by atoms with Gasteiger partial charge in [-0.25, -0.2) is 9.13 Å². The third-order valence-electron chi connectivity index (χ3n) is 4.29. The highest BCUT2D eigenvalue weighted by Gasteiger charge is 2.40. The van der Waals surface area contributed by atoms with E-state index >= 15 is 0 Å². The summed E-state index contributed by atoms with van der Waals surface area (Å²) in [6.45, 7) is 4.27. The van der Waals surface area contributed by atoms with Gasteiger partial charge in [0.05, 0.1) is 12.5 Å². The summed E-state index contributed by atoms with van der Waals surface area (Å²) in [5.41, 5.74) is 0. The number of rotatable bonds is 5. The fraction of sp³-hybridized carbons (Fsp3) is 0.600. The van der Waals surface area contributed by atoms with Gasteiger partial charge in [0.1, 0.15) is 25.5 Å². The third-order valence-corrected chi connectivity index (χ3v) is 4.29. The van der Waals surface area contributed by atoms with Crippen LogP contribution in [0.5, 0.6) is 0 Å². The van der Waals surface area contributed by atoms with Gasteiger partial charge in [-0.3, -0.25) is 4.79 Å². The summed E-state index contributed by atoms with van der Waals surface area (Å²) < 4.78 is 9.58. The Labute approximate surface area is 113 Å². The van der Waals surface area contributed by atoms with Gasteiger partial charge >= 0.3 is 5.97 Å². The molecule has 2 aliphatic rings. The Balaban J connectivity index is 1.45. The van der Waals surface area contributed by atoms with Crippen molar-refractivity contribution in [2.24, 2.45) is 17.8 Å². The van der Waals surface area contributed by atoms with E-state index < -0.39 is 0 Å². The van der Waals surface area contributed by atoms with Crippen molar-refractivity contribution >= 4 is 5.97 Å². The van der Waals surface area contributed by atoms with Crippen molar-refractivity contribution in [1.82, 2.24) is 4.57 Å². The second kappa shape index (κ2) is 5.19. The van der Waals surface area contributed by atoms with Crippen LogP contribution in [0.2, 0.25) is 0 Å². The molecule has 3 atom stereocenters. The number of allylic oxidation sites excluding steroid dienone is 2. The summed E-state index contributed by atoms with van der Waals surface area (Å²) in [6, 6.07) is 0. The zero-order valence-electron chi connectivity index (χ0n) is 11.4. The molecule has 1 heterocycles. The molecule has 4 heteroatoms. The topological polar surface area (TPSA) is 35.1 Å². The highest BCUT2D eigenvalue weighted by Crippen LogP contribution is 2.43. The molecular formula is C15H21N2O2+. The molecule has 1 fully saturated rings. The minimum Gasteiger partial charge on any atom is -0.461 e. The smallest absolute Gasteiger partial charge is 0.309 e. The minimum atomic E-state index is -0.00706. The number of fused-ring (bicyclic) bond motifs is 2. The number of carbonyl (C=O) groups excluding carboxylic acids is 1. The Morgan fingerprint density at radius 3 is 2.95 bits per heavy atom. The summed E-state index contributed by atoms with van der Waals surface area (Å²) in [4.78, 5) is 12.0. The molecule has 0 amide bonds. The first-order valence-electron chi connectivity index (χ1n) is 7.16. The zero-order chi connectivity index (χ0) is 13.2. The van der Waals surface area contributed by atoms with E-state index in [1.807, 2.05) is 18.7 Å². The maximum Gasteiger partial charge on any atom is 0.309 e. The number of imidazole rings is 1. The largest absolute Gasteiger partial charge is 0.461 e. The molecule has 0 N–H and O–H groups in total. The van der Waals surface area contributed by atoms with Crippen LogP contribution in [-0.2, 0) is 22.6 Å². The number of hydrogen-bond donors (Lipinski definition) is 0. The molecule has 2 aliphatic carbocycles. The van der Waals surface area contributed by atoms with Crippen molar-refractivity contribution in [3.05, 3.63) is 30.9 Å². The molecule has 1 saturated carbocycles. The fourth-order valence-electron chi connectivity index (χ4n) is 3.17. The van der Waals surface area contributed by atoms with Crippen LogP contribution < -0.4 is 4.57 Å². The second-order valence-electron chi connectivity index (χ2n) is 5.54. The van der Waals surface area contributed by atoms with Crippen LogP contribution in [0.25, 0.3) is 0 Å². The van der Waals surface area contributed by atoms with Crippen molar-refractivity contribution in [3.63, 3.8) is 0 Å². The third kappa shape index (κ3) is 2.57. The van der Waals surface area contributed by atoms with Gasteiger partial charge in [0.25, 0.3) is 0 Å². The maximum absolute atomic E-state index is 12.0. The average molecular weight is 261 g/mol. The fourth-order valence-corrected chi connectivity index (χ4v) is 3.17. The molecule has 3 rings (SSSR count). The molecule has 0 spiro atoms. The van der Waals surface area contributed by atoms with E-state index in [4.69, 9.17) is 4.74 Å². The summed E-state index contributed by atoms with van der Waals surface area (Å²) in [6.07, 6.45) is 12.6. The van der Waals surface area contributed by atoms with E-state index in [0.717, 1.165) is 25.9 Å². The molecule has 0 saturated heterocycles. The van der Waals surface area contributed by atoms with Crippen LogP contribution in [0, 0.1) is 17.8 Å². The lowest BCUT2D eigenvalue weighted by Crippen LogP contribution is -2.35. The number of hydrogen-bond acceptors (Lipinski definition) is 2. The number of aromatic nitrogens is 2. The van der Waals surface area contributed by atoms with E-state index in [-0.39, 0.29) is 11.9 Å². The predicted octanol–water partition coefficient (Wildman–Crippen LogP) is 1.55. The maximum atomic E-state index is 12.0. The van der Waals surface area contributed by atoms with E-state index in [1.54, 1.807) is 0 Å². The van der Waals surface area contributed by atoms with Crippen LogP contribution in [0.15, 0.2) is 30.9 Å². The number of nitrogens with zero attached hydrogens (tertiary/aromatic N) is 2. The number of esters is 1. The van der Waals surface area contributed by atoms with Crippen LogP contribution >= 0.6 is 0 Å². The molecular weight excluding hydrogens is 240 g/mol. The summed E-state index contributed by atoms with van der Waals surface area (Å²) >= 11 is 0. The summed E-state index contributed by atoms with van der Waals surface area (Å²) in [5, 5.41) is 0. The SMILES string of the molecule is CCn1cc[n+](CCOC(=O)C2CC3C=CC2C3)c1. The average Bonchev–Trinajstić information content (AvgIpc) is 3.14. The van der Waals surface area contributed by atoms with Gasteiger partial charge in [-0.05, 0) is 31.6 Å². The van der Waals surface area contributed by atoms with Crippen molar-refractivity contribution < 1.29 is 14.1 Å². The minimum absolute atomic E-state index is 0.00706. The van der Waals surface area contributed by atoms with Gasteiger partial charge in [0.15, 0.2) is 0 Å². The van der Waals surface area contributed by atoms with Crippen LogP contribution in [0.3, 0.4) is 0 Å². The first-order valence-corrected chi connectivity index (χ1v) is 7.16. The van der Waals surface area contributed by atoms with Crippen molar-refractivity contribution in [2.75, 3.05) is 6.61 Å². The lowest BCUT2D eigenvalue weighted by Gasteiger charge is -2.16. The molecule has 0 radical (unpaired) electrons. The van der Waals surface area contributed by atoms with E-state index in [0.29, 0.717) is 18.4 Å². The standard InChI is InChI=1S/C15H21N2O2/c1-2-16-5-6-17(11-16)7-8-19-15(18)14-10-12-3-4-13(14)9-12/h3-6,11-14H,2,7-10H2,1H3/q+1. The monoisotopic (exact) mass is 261 g/mol. The van der Waals surface area contributed by atoms with Crippen molar-refractivity contribution in [2.45, 2.75) is 32.9 Å². The number of carbonyl (C=O) groups is 1. The van der Waals surface area contributed by atoms with Gasteiger partial charge in [0.2, 0.25) is 6.33 Å². The van der Waals surface area contributed by atoms with Gasteiger partial charge in [-0.2, -0.15) is 0 Å². The molecule has 102 valence electrons. The molecule has 0 aliphatic heterocycles. The van der Waals surface area contributed by atoms with Crippen molar-refractivity contribution in [3.8, 4) is 0 Å².